The molecule has 1 N–H and O–H groups in total. The summed E-state index contributed by atoms with van der Waals surface area (Å²) >= 11 is 0. The molecule has 0 aliphatic heterocycles. The van der Waals surface area contributed by atoms with Crippen LogP contribution in [0.1, 0.15) is 104 Å². The molecule has 4 aliphatic carbocycles. The standard InChI is InChI=1S/C30H54N2O/c1-22(11-16-28(33)31-20-9-21-32(4,5)6)25-14-15-26-24-13-12-23-10-7-8-18-29(23,2)27(24)17-19-30(25,26)3/h22-27H,7-21H2,1-6H3/p+1/t22-,23?,24?,25-,26?,27?,29+,30-/m1/s1. The third kappa shape index (κ3) is 5.19. The molecule has 4 fully saturated rings. The molecule has 0 spiro atoms. The molecule has 3 nitrogen and oxygen atoms in total. The molecule has 3 heteroatoms. The summed E-state index contributed by atoms with van der Waals surface area (Å²) in [5.74, 6) is 5.74. The van der Waals surface area contributed by atoms with E-state index in [0.29, 0.717) is 23.2 Å². The lowest BCUT2D eigenvalue weighted by molar-refractivity contribution is -0.870. The van der Waals surface area contributed by atoms with Crippen LogP contribution in [0.25, 0.3) is 0 Å². The highest BCUT2D eigenvalue weighted by molar-refractivity contribution is 5.75. The van der Waals surface area contributed by atoms with E-state index < -0.39 is 0 Å². The smallest absolute Gasteiger partial charge is 0.220 e. The molecule has 190 valence electrons. The Morgan fingerprint density at radius 3 is 2.45 bits per heavy atom. The van der Waals surface area contributed by atoms with Crippen LogP contribution in [-0.2, 0) is 4.79 Å². The van der Waals surface area contributed by atoms with Gasteiger partial charge in [-0.25, -0.2) is 0 Å². The van der Waals surface area contributed by atoms with Crippen molar-refractivity contribution >= 4 is 5.91 Å². The van der Waals surface area contributed by atoms with Crippen molar-refractivity contribution in [3.63, 3.8) is 0 Å². The quantitative estimate of drug-likeness (QED) is 0.319. The predicted molar refractivity (Wildman–Crippen MR) is 139 cm³/mol. The van der Waals surface area contributed by atoms with Gasteiger partial charge in [0.15, 0.2) is 0 Å². The van der Waals surface area contributed by atoms with Crippen LogP contribution in [0.3, 0.4) is 0 Å². The number of amides is 1. The molecule has 0 aromatic heterocycles. The molecule has 4 rings (SSSR count). The largest absolute Gasteiger partial charge is 0.356 e. The summed E-state index contributed by atoms with van der Waals surface area (Å²) in [6, 6.07) is 0. The topological polar surface area (TPSA) is 29.1 Å². The van der Waals surface area contributed by atoms with Gasteiger partial charge in [0, 0.05) is 19.4 Å². The van der Waals surface area contributed by atoms with Crippen molar-refractivity contribution in [1.29, 1.82) is 0 Å². The van der Waals surface area contributed by atoms with E-state index in [2.05, 4.69) is 47.2 Å². The van der Waals surface area contributed by atoms with Crippen LogP contribution >= 0.6 is 0 Å². The lowest BCUT2D eigenvalue weighted by Crippen LogP contribution is -2.53. The average Bonchev–Trinajstić information content (AvgIpc) is 3.11. The molecule has 8 atom stereocenters. The number of rotatable bonds is 8. The highest BCUT2D eigenvalue weighted by Crippen LogP contribution is 2.68. The van der Waals surface area contributed by atoms with E-state index >= 15 is 0 Å². The molecule has 1 amide bonds. The molecule has 0 radical (unpaired) electrons. The molecule has 0 bridgehead atoms. The van der Waals surface area contributed by atoms with Gasteiger partial charge in [-0.3, -0.25) is 4.79 Å². The van der Waals surface area contributed by atoms with Crippen LogP contribution in [0.15, 0.2) is 0 Å². The monoisotopic (exact) mass is 459 g/mol. The Morgan fingerprint density at radius 1 is 0.939 bits per heavy atom. The van der Waals surface area contributed by atoms with E-state index in [1.807, 2.05) is 0 Å². The highest BCUT2D eigenvalue weighted by Gasteiger charge is 2.60. The van der Waals surface area contributed by atoms with Crippen molar-refractivity contribution in [3.05, 3.63) is 0 Å². The van der Waals surface area contributed by atoms with Crippen molar-refractivity contribution in [2.75, 3.05) is 34.2 Å². The van der Waals surface area contributed by atoms with Gasteiger partial charge < -0.3 is 9.80 Å². The second-order valence-electron chi connectivity index (χ2n) is 14.4. The maximum Gasteiger partial charge on any atom is 0.220 e. The molecular weight excluding hydrogens is 404 g/mol. The fraction of sp³-hybridized carbons (Fsp3) is 0.967. The van der Waals surface area contributed by atoms with Gasteiger partial charge in [0.2, 0.25) is 5.91 Å². The first-order chi connectivity index (χ1) is 15.5. The summed E-state index contributed by atoms with van der Waals surface area (Å²) in [5.41, 5.74) is 1.18. The first-order valence-electron chi connectivity index (χ1n) is 14.6. The van der Waals surface area contributed by atoms with Crippen LogP contribution < -0.4 is 5.32 Å². The maximum absolute atomic E-state index is 12.5. The van der Waals surface area contributed by atoms with E-state index in [0.717, 1.165) is 60.0 Å². The zero-order valence-corrected chi connectivity index (χ0v) is 22.9. The summed E-state index contributed by atoms with van der Waals surface area (Å²) in [6.45, 7) is 9.77. The molecule has 4 aliphatic rings. The van der Waals surface area contributed by atoms with Crippen LogP contribution in [0.4, 0.5) is 0 Å². The molecular formula is C30H55N2O+. The van der Waals surface area contributed by atoms with Gasteiger partial charge >= 0.3 is 0 Å². The Kier molecular flexibility index (Phi) is 7.60. The number of quaternary nitrogens is 1. The Balaban J connectivity index is 1.30. The second kappa shape index (κ2) is 9.82. The van der Waals surface area contributed by atoms with Crippen molar-refractivity contribution in [1.82, 2.24) is 5.32 Å². The minimum Gasteiger partial charge on any atom is -0.356 e. The van der Waals surface area contributed by atoms with E-state index in [1.165, 1.54) is 64.2 Å². The van der Waals surface area contributed by atoms with Crippen molar-refractivity contribution < 1.29 is 9.28 Å². The minimum absolute atomic E-state index is 0.273. The number of hydrogen-bond donors (Lipinski definition) is 1. The molecule has 4 saturated carbocycles. The lowest BCUT2D eigenvalue weighted by Gasteiger charge is -2.61. The number of carbonyl (C=O) groups is 1. The molecule has 4 unspecified atom stereocenters. The average molecular weight is 460 g/mol. The van der Waals surface area contributed by atoms with Gasteiger partial charge in [-0.1, -0.05) is 33.6 Å². The number of nitrogens with zero attached hydrogens (tertiary/aromatic N) is 1. The maximum atomic E-state index is 12.5. The molecule has 0 heterocycles. The van der Waals surface area contributed by atoms with Gasteiger partial charge in [0.05, 0.1) is 27.7 Å². The van der Waals surface area contributed by atoms with Gasteiger partial charge in [0.25, 0.3) is 0 Å². The second-order valence-corrected chi connectivity index (χ2v) is 14.4. The zero-order chi connectivity index (χ0) is 23.9. The third-order valence-corrected chi connectivity index (χ3v) is 11.5. The van der Waals surface area contributed by atoms with E-state index in [4.69, 9.17) is 0 Å². The Bertz CT molecular complexity index is 683. The molecule has 33 heavy (non-hydrogen) atoms. The predicted octanol–water partition coefficient (Wildman–Crippen LogP) is 6.66. The number of fused-ring (bicyclic) bond motifs is 5. The van der Waals surface area contributed by atoms with Crippen LogP contribution in [-0.4, -0.2) is 44.6 Å². The van der Waals surface area contributed by atoms with Gasteiger partial charge in [0.1, 0.15) is 0 Å². The van der Waals surface area contributed by atoms with E-state index in [1.54, 1.807) is 0 Å². The molecule has 0 saturated heterocycles. The SMILES string of the molecule is C[C@H](CCC(=O)NCCC[N+](C)(C)C)[C@H]1CCC2C3CCC4CCCC[C@]4(C)C3CC[C@@]21C. The minimum atomic E-state index is 0.273. The first-order valence-corrected chi connectivity index (χ1v) is 14.6. The Labute approximate surface area is 205 Å². The summed E-state index contributed by atoms with van der Waals surface area (Å²) in [7, 11) is 6.65. The number of carbonyl (C=O) groups excluding carboxylic acids is 1. The van der Waals surface area contributed by atoms with Crippen LogP contribution in [0, 0.1) is 46.3 Å². The van der Waals surface area contributed by atoms with Crippen LogP contribution in [0.5, 0.6) is 0 Å². The number of hydrogen-bond acceptors (Lipinski definition) is 1. The normalized spacial score (nSPS) is 41.6. The fourth-order valence-corrected chi connectivity index (χ4v) is 9.70. The summed E-state index contributed by atoms with van der Waals surface area (Å²) < 4.78 is 0.968. The summed E-state index contributed by atoms with van der Waals surface area (Å²) in [5, 5.41) is 3.19. The number of nitrogens with one attached hydrogen (secondary N) is 1. The fourth-order valence-electron chi connectivity index (χ4n) is 9.70. The first kappa shape index (κ1) is 25.5. The van der Waals surface area contributed by atoms with Gasteiger partial charge in [-0.15, -0.1) is 0 Å². The summed E-state index contributed by atoms with van der Waals surface area (Å²) in [4.78, 5) is 12.5. The van der Waals surface area contributed by atoms with E-state index in [-0.39, 0.29) is 5.91 Å². The van der Waals surface area contributed by atoms with Crippen LogP contribution in [0.2, 0.25) is 0 Å². The van der Waals surface area contributed by atoms with Crippen molar-refractivity contribution in [3.8, 4) is 0 Å². The zero-order valence-electron chi connectivity index (χ0n) is 22.9. The van der Waals surface area contributed by atoms with E-state index in [9.17, 15) is 4.79 Å². The molecule has 0 aromatic rings. The lowest BCUT2D eigenvalue weighted by atomic mass is 9.44. The molecule has 0 aromatic carbocycles. The third-order valence-electron chi connectivity index (χ3n) is 11.5. The van der Waals surface area contributed by atoms with Gasteiger partial charge in [-0.2, -0.15) is 0 Å². The van der Waals surface area contributed by atoms with Gasteiger partial charge in [-0.05, 0) is 104 Å². The van der Waals surface area contributed by atoms with Crippen molar-refractivity contribution in [2.24, 2.45) is 46.3 Å². The van der Waals surface area contributed by atoms with Crippen molar-refractivity contribution in [2.45, 2.75) is 104 Å². The Hall–Kier alpha value is -0.570. The highest BCUT2D eigenvalue weighted by atomic mass is 16.1. The Morgan fingerprint density at radius 2 is 1.70 bits per heavy atom. The summed E-state index contributed by atoms with van der Waals surface area (Å²) in [6.07, 6.45) is 17.7.